The molecule has 0 aromatic heterocycles. The van der Waals surface area contributed by atoms with Crippen LogP contribution in [0.15, 0.2) is 53.4 Å². The van der Waals surface area contributed by atoms with Gasteiger partial charge in [-0.2, -0.15) is 4.31 Å². The second-order valence-electron chi connectivity index (χ2n) is 7.96. The van der Waals surface area contributed by atoms with E-state index in [4.69, 9.17) is 11.6 Å². The van der Waals surface area contributed by atoms with Gasteiger partial charge in [-0.15, -0.1) is 0 Å². The van der Waals surface area contributed by atoms with E-state index in [1.54, 1.807) is 18.2 Å². The number of hydrogen-bond donors (Lipinski definition) is 1. The van der Waals surface area contributed by atoms with Gasteiger partial charge in [0, 0.05) is 36.9 Å². The highest BCUT2D eigenvalue weighted by Crippen LogP contribution is 2.27. The summed E-state index contributed by atoms with van der Waals surface area (Å²) in [7, 11) is -3.60. The number of rotatable bonds is 7. The van der Waals surface area contributed by atoms with Crippen LogP contribution in [-0.4, -0.2) is 55.8 Å². The smallest absolute Gasteiger partial charge is 0.243 e. The molecular formula is C23H30ClN3O3S. The molecule has 1 aliphatic heterocycles. The van der Waals surface area contributed by atoms with Gasteiger partial charge < -0.3 is 5.32 Å². The maximum atomic E-state index is 12.9. The van der Waals surface area contributed by atoms with Crippen molar-refractivity contribution in [2.45, 2.75) is 44.0 Å². The number of hydrogen-bond acceptors (Lipinski definition) is 4. The van der Waals surface area contributed by atoms with Crippen molar-refractivity contribution < 1.29 is 13.2 Å². The number of sulfonamides is 1. The predicted octanol–water partition coefficient (Wildman–Crippen LogP) is 4.19. The lowest BCUT2D eigenvalue weighted by molar-refractivity contribution is -0.121. The fourth-order valence-electron chi connectivity index (χ4n) is 3.77. The van der Waals surface area contributed by atoms with Gasteiger partial charge in [-0.25, -0.2) is 8.42 Å². The first kappa shape index (κ1) is 23.7. The minimum atomic E-state index is -3.60. The van der Waals surface area contributed by atoms with Crippen LogP contribution in [0.2, 0.25) is 5.02 Å². The number of piperazine rings is 1. The Hall–Kier alpha value is -1.93. The number of amides is 1. The third kappa shape index (κ3) is 5.47. The second-order valence-corrected chi connectivity index (χ2v) is 10.3. The number of carbonyl (C=O) groups is 1. The molecule has 8 heteroatoms. The van der Waals surface area contributed by atoms with Crippen LogP contribution in [0.4, 0.5) is 5.69 Å². The molecule has 1 aliphatic rings. The largest absolute Gasteiger partial charge is 0.324 e. The third-order valence-corrected chi connectivity index (χ3v) is 8.13. The molecule has 0 unspecified atom stereocenters. The Balaban J connectivity index is 1.63. The van der Waals surface area contributed by atoms with Gasteiger partial charge in [-0.1, -0.05) is 49.7 Å². The minimum Gasteiger partial charge on any atom is -0.324 e. The molecule has 6 nitrogen and oxygen atoms in total. The molecule has 1 heterocycles. The molecule has 168 valence electrons. The van der Waals surface area contributed by atoms with Crippen molar-refractivity contribution >= 4 is 33.2 Å². The van der Waals surface area contributed by atoms with Gasteiger partial charge in [0.25, 0.3) is 0 Å². The molecule has 0 aliphatic carbocycles. The summed E-state index contributed by atoms with van der Waals surface area (Å²) in [6.07, 6.45) is 0.992. The lowest BCUT2D eigenvalue weighted by atomic mass is 9.97. The van der Waals surface area contributed by atoms with E-state index in [9.17, 15) is 13.2 Å². The molecule has 2 aromatic rings. The predicted molar refractivity (Wildman–Crippen MR) is 125 cm³/mol. The van der Waals surface area contributed by atoms with Crippen LogP contribution in [-0.2, 0) is 14.8 Å². The zero-order valence-electron chi connectivity index (χ0n) is 18.2. The summed E-state index contributed by atoms with van der Waals surface area (Å²) in [5.41, 5.74) is 1.97. The average Bonchev–Trinajstić information content (AvgIpc) is 2.78. The van der Waals surface area contributed by atoms with E-state index in [-0.39, 0.29) is 16.8 Å². The lowest BCUT2D eigenvalue weighted by Gasteiger charge is -2.36. The average molecular weight is 464 g/mol. The summed E-state index contributed by atoms with van der Waals surface area (Å²) >= 11 is 5.96. The topological polar surface area (TPSA) is 69.7 Å². The molecule has 0 radical (unpaired) electrons. The number of nitrogens with zero attached hydrogens (tertiary/aromatic N) is 2. The molecule has 1 amide bonds. The number of benzene rings is 2. The van der Waals surface area contributed by atoms with E-state index >= 15 is 0 Å². The Morgan fingerprint density at radius 1 is 1.06 bits per heavy atom. The summed E-state index contributed by atoms with van der Waals surface area (Å²) in [4.78, 5) is 15.1. The van der Waals surface area contributed by atoms with Crippen LogP contribution in [0.25, 0.3) is 0 Å². The van der Waals surface area contributed by atoms with Crippen molar-refractivity contribution in [3.05, 3.63) is 59.1 Å². The van der Waals surface area contributed by atoms with Crippen molar-refractivity contribution in [2.24, 2.45) is 0 Å². The van der Waals surface area contributed by atoms with Crippen LogP contribution < -0.4 is 5.32 Å². The molecule has 1 N–H and O–H groups in total. The molecule has 0 spiro atoms. The van der Waals surface area contributed by atoms with Crippen molar-refractivity contribution in [3.8, 4) is 0 Å². The fourth-order valence-corrected chi connectivity index (χ4v) is 5.49. The van der Waals surface area contributed by atoms with Crippen LogP contribution >= 0.6 is 11.6 Å². The van der Waals surface area contributed by atoms with E-state index in [2.05, 4.69) is 19.2 Å². The van der Waals surface area contributed by atoms with Gasteiger partial charge >= 0.3 is 0 Å². The molecule has 31 heavy (non-hydrogen) atoms. The number of anilines is 1. The highest BCUT2D eigenvalue weighted by atomic mass is 35.5. The van der Waals surface area contributed by atoms with Crippen LogP contribution in [0, 0.1) is 0 Å². The Morgan fingerprint density at radius 2 is 1.74 bits per heavy atom. The maximum absolute atomic E-state index is 12.9. The van der Waals surface area contributed by atoms with Crippen LogP contribution in [0.3, 0.4) is 0 Å². The summed E-state index contributed by atoms with van der Waals surface area (Å²) in [5.74, 6) is 0.272. The van der Waals surface area contributed by atoms with Gasteiger partial charge in [0.2, 0.25) is 15.9 Å². The van der Waals surface area contributed by atoms with Gasteiger partial charge in [-0.05, 0) is 49.1 Å². The summed E-state index contributed by atoms with van der Waals surface area (Å²) in [5, 5.41) is 3.46. The third-order valence-electron chi connectivity index (χ3n) is 6.00. The lowest BCUT2D eigenvalue weighted by Crippen LogP contribution is -2.53. The van der Waals surface area contributed by atoms with E-state index in [0.717, 1.165) is 17.7 Å². The number of carbonyl (C=O) groups excluding carboxylic acids is 1. The molecule has 0 saturated carbocycles. The Kier molecular flexibility index (Phi) is 7.75. The Bertz CT molecular complexity index is 1020. The quantitative estimate of drug-likeness (QED) is 0.668. The van der Waals surface area contributed by atoms with Crippen molar-refractivity contribution in [1.82, 2.24) is 9.21 Å². The summed E-state index contributed by atoms with van der Waals surface area (Å²) in [6.45, 7) is 7.77. The molecule has 1 saturated heterocycles. The molecular weight excluding hydrogens is 434 g/mol. The summed E-state index contributed by atoms with van der Waals surface area (Å²) < 4.78 is 27.2. The first-order valence-electron chi connectivity index (χ1n) is 10.6. The van der Waals surface area contributed by atoms with Gasteiger partial charge in [0.05, 0.1) is 10.9 Å². The summed E-state index contributed by atoms with van der Waals surface area (Å²) in [6, 6.07) is 13.8. The maximum Gasteiger partial charge on any atom is 0.243 e. The monoisotopic (exact) mass is 463 g/mol. The first-order chi connectivity index (χ1) is 14.7. The van der Waals surface area contributed by atoms with E-state index in [0.29, 0.717) is 37.1 Å². The highest BCUT2D eigenvalue weighted by Gasteiger charge is 2.32. The zero-order chi connectivity index (χ0) is 22.6. The SMILES string of the molecule is CC[C@H](C)c1ccccc1NC(=O)[C@@H](C)N1CCN(S(=O)(=O)c2cccc(Cl)c2)CC1. The van der Waals surface area contributed by atoms with E-state index < -0.39 is 10.0 Å². The molecule has 2 aromatic carbocycles. The normalized spacial score (nSPS) is 17.8. The number of halogens is 1. The first-order valence-corrected chi connectivity index (χ1v) is 12.5. The zero-order valence-corrected chi connectivity index (χ0v) is 19.8. The van der Waals surface area contributed by atoms with Crippen LogP contribution in [0.1, 0.15) is 38.7 Å². The van der Waals surface area contributed by atoms with Crippen LogP contribution in [0.5, 0.6) is 0 Å². The van der Waals surface area contributed by atoms with Crippen molar-refractivity contribution in [1.29, 1.82) is 0 Å². The Labute approximate surface area is 190 Å². The standard InChI is InChI=1S/C23H30ClN3O3S/c1-4-17(2)21-10-5-6-11-22(21)25-23(28)18(3)26-12-14-27(15-13-26)31(29,30)20-9-7-8-19(24)16-20/h5-11,16-18H,4,12-15H2,1-3H3,(H,25,28)/t17-,18+/m0/s1. The van der Waals surface area contributed by atoms with Crippen molar-refractivity contribution in [2.75, 3.05) is 31.5 Å². The van der Waals surface area contributed by atoms with Gasteiger partial charge in [0.1, 0.15) is 0 Å². The molecule has 1 fully saturated rings. The minimum absolute atomic E-state index is 0.0816. The molecule has 0 bridgehead atoms. The number of para-hydroxylation sites is 1. The van der Waals surface area contributed by atoms with Crippen molar-refractivity contribution in [3.63, 3.8) is 0 Å². The van der Waals surface area contributed by atoms with Gasteiger partial charge in [-0.3, -0.25) is 9.69 Å². The second kappa shape index (κ2) is 10.1. The molecule has 2 atom stereocenters. The van der Waals surface area contributed by atoms with E-state index in [1.807, 2.05) is 36.1 Å². The molecule has 3 rings (SSSR count). The fraction of sp³-hybridized carbons (Fsp3) is 0.435. The van der Waals surface area contributed by atoms with E-state index in [1.165, 1.54) is 10.4 Å². The van der Waals surface area contributed by atoms with Gasteiger partial charge in [0.15, 0.2) is 0 Å². The number of nitrogens with one attached hydrogen (secondary N) is 1. The highest BCUT2D eigenvalue weighted by molar-refractivity contribution is 7.89. The Morgan fingerprint density at radius 3 is 2.39 bits per heavy atom.